The van der Waals surface area contributed by atoms with Crippen molar-refractivity contribution < 1.29 is 14.3 Å². The highest BCUT2D eigenvalue weighted by molar-refractivity contribution is 9.10. The lowest BCUT2D eigenvalue weighted by atomic mass is 10.1. The van der Waals surface area contributed by atoms with Gasteiger partial charge < -0.3 is 15.0 Å². The fraction of sp³-hybridized carbons (Fsp3) is 0.385. The number of amides is 2. The van der Waals surface area contributed by atoms with Crippen LogP contribution in [0.15, 0.2) is 22.7 Å². The fourth-order valence-corrected chi connectivity index (χ4v) is 2.53. The van der Waals surface area contributed by atoms with Gasteiger partial charge in [-0.2, -0.15) is 0 Å². The van der Waals surface area contributed by atoms with Crippen LogP contribution in [0.25, 0.3) is 0 Å². The van der Waals surface area contributed by atoms with E-state index in [9.17, 15) is 9.59 Å². The van der Waals surface area contributed by atoms with Gasteiger partial charge in [0.15, 0.2) is 0 Å². The van der Waals surface area contributed by atoms with Gasteiger partial charge in [0.05, 0.1) is 19.7 Å². The van der Waals surface area contributed by atoms with Crippen LogP contribution in [0.4, 0.5) is 4.79 Å². The van der Waals surface area contributed by atoms with Crippen LogP contribution >= 0.6 is 15.9 Å². The first-order valence-electron chi connectivity index (χ1n) is 5.89. The van der Waals surface area contributed by atoms with E-state index in [2.05, 4.69) is 21.2 Å². The van der Waals surface area contributed by atoms with Gasteiger partial charge in [-0.15, -0.1) is 0 Å². The molecule has 1 atom stereocenters. The maximum atomic E-state index is 11.8. The van der Waals surface area contributed by atoms with Crippen molar-refractivity contribution in [3.63, 3.8) is 0 Å². The van der Waals surface area contributed by atoms with Crippen LogP contribution in [0.1, 0.15) is 18.5 Å². The van der Waals surface area contributed by atoms with Crippen LogP contribution in [0, 0.1) is 0 Å². The first-order valence-corrected chi connectivity index (χ1v) is 6.69. The monoisotopic (exact) mass is 326 g/mol. The van der Waals surface area contributed by atoms with Gasteiger partial charge >= 0.3 is 6.03 Å². The smallest absolute Gasteiger partial charge is 0.318 e. The largest absolute Gasteiger partial charge is 0.496 e. The Kier molecular flexibility index (Phi) is 4.09. The second kappa shape index (κ2) is 5.61. The number of ether oxygens (including phenoxy) is 1. The topological polar surface area (TPSA) is 58.6 Å². The van der Waals surface area contributed by atoms with E-state index in [1.165, 1.54) is 11.8 Å². The summed E-state index contributed by atoms with van der Waals surface area (Å²) >= 11 is 3.41. The Morgan fingerprint density at radius 3 is 2.95 bits per heavy atom. The molecule has 19 heavy (non-hydrogen) atoms. The number of halogens is 1. The van der Waals surface area contributed by atoms with Crippen molar-refractivity contribution in [2.45, 2.75) is 13.0 Å². The summed E-state index contributed by atoms with van der Waals surface area (Å²) in [6, 6.07) is 5.26. The third-order valence-electron chi connectivity index (χ3n) is 2.97. The van der Waals surface area contributed by atoms with Gasteiger partial charge in [-0.3, -0.25) is 4.79 Å². The normalized spacial score (nSPS) is 18.4. The first-order chi connectivity index (χ1) is 9.01. The van der Waals surface area contributed by atoms with Crippen molar-refractivity contribution in [1.29, 1.82) is 0 Å². The molecule has 2 rings (SSSR count). The number of benzene rings is 1. The van der Waals surface area contributed by atoms with Crippen LogP contribution in [-0.4, -0.2) is 36.9 Å². The molecular formula is C13H15BrN2O3. The molecule has 1 aromatic carbocycles. The van der Waals surface area contributed by atoms with Gasteiger partial charge in [0.25, 0.3) is 0 Å². The molecule has 102 valence electrons. The lowest BCUT2D eigenvalue weighted by Crippen LogP contribution is -2.32. The molecule has 1 unspecified atom stereocenters. The van der Waals surface area contributed by atoms with Gasteiger partial charge in [0.1, 0.15) is 11.5 Å². The van der Waals surface area contributed by atoms with Crippen molar-refractivity contribution in [2.75, 3.05) is 20.2 Å². The lowest BCUT2D eigenvalue weighted by Gasteiger charge is -2.15. The molecular weight excluding hydrogens is 312 g/mol. The minimum atomic E-state index is -0.220. The molecule has 0 radical (unpaired) electrons. The summed E-state index contributed by atoms with van der Waals surface area (Å²) in [4.78, 5) is 24.4. The average molecular weight is 327 g/mol. The van der Waals surface area contributed by atoms with Crippen molar-refractivity contribution in [1.82, 2.24) is 10.2 Å². The molecule has 5 nitrogen and oxygen atoms in total. The standard InChI is InChI=1S/C13H15BrN2O3/c1-8(17)6-16-7-11(15-13(16)18)10-5-9(14)3-4-12(10)19-2/h3-5,11H,6-7H2,1-2H3,(H,15,18). The van der Waals surface area contributed by atoms with Crippen molar-refractivity contribution in [3.8, 4) is 5.75 Å². The van der Waals surface area contributed by atoms with E-state index >= 15 is 0 Å². The highest BCUT2D eigenvalue weighted by Gasteiger charge is 2.31. The Morgan fingerprint density at radius 2 is 2.32 bits per heavy atom. The van der Waals surface area contributed by atoms with Crippen LogP contribution in [0.5, 0.6) is 5.75 Å². The highest BCUT2D eigenvalue weighted by Crippen LogP contribution is 2.31. The van der Waals surface area contributed by atoms with E-state index < -0.39 is 0 Å². The number of carbonyl (C=O) groups is 2. The van der Waals surface area contributed by atoms with Gasteiger partial charge in [0.2, 0.25) is 0 Å². The van der Waals surface area contributed by atoms with E-state index in [1.807, 2.05) is 18.2 Å². The molecule has 1 aliphatic heterocycles. The van der Waals surface area contributed by atoms with E-state index in [4.69, 9.17) is 4.74 Å². The number of ketones is 1. The predicted octanol–water partition coefficient (Wildman–Crippen LogP) is 2.11. The predicted molar refractivity (Wildman–Crippen MR) is 74.2 cm³/mol. The summed E-state index contributed by atoms with van der Waals surface area (Å²) in [6.45, 7) is 2.07. The quantitative estimate of drug-likeness (QED) is 0.921. The number of carbonyl (C=O) groups excluding carboxylic acids is 2. The van der Waals surface area contributed by atoms with Crippen LogP contribution < -0.4 is 10.1 Å². The molecule has 1 saturated heterocycles. The summed E-state index contributed by atoms with van der Waals surface area (Å²) in [5.41, 5.74) is 0.899. The first kappa shape index (κ1) is 13.9. The zero-order valence-electron chi connectivity index (χ0n) is 10.8. The number of urea groups is 1. The summed E-state index contributed by atoms with van der Waals surface area (Å²) in [5, 5.41) is 2.86. The zero-order valence-corrected chi connectivity index (χ0v) is 12.4. The van der Waals surface area contributed by atoms with E-state index in [1.54, 1.807) is 7.11 Å². The Balaban J connectivity index is 2.22. The highest BCUT2D eigenvalue weighted by atomic mass is 79.9. The Bertz CT molecular complexity index is 519. The second-order valence-electron chi connectivity index (χ2n) is 4.47. The minimum Gasteiger partial charge on any atom is -0.496 e. The lowest BCUT2D eigenvalue weighted by molar-refractivity contribution is -0.117. The average Bonchev–Trinajstić information content (AvgIpc) is 2.70. The Hall–Kier alpha value is -1.56. The summed E-state index contributed by atoms with van der Waals surface area (Å²) in [6.07, 6.45) is 0. The third-order valence-corrected chi connectivity index (χ3v) is 3.46. The number of rotatable bonds is 4. The third kappa shape index (κ3) is 3.07. The molecule has 0 saturated carbocycles. The van der Waals surface area contributed by atoms with Crippen LogP contribution in [-0.2, 0) is 4.79 Å². The molecule has 1 N–H and O–H groups in total. The van der Waals surface area contributed by atoms with Crippen LogP contribution in [0.3, 0.4) is 0 Å². The maximum absolute atomic E-state index is 11.8. The zero-order chi connectivity index (χ0) is 14.0. The summed E-state index contributed by atoms with van der Waals surface area (Å²) in [7, 11) is 1.59. The van der Waals surface area contributed by atoms with Crippen molar-refractivity contribution in [3.05, 3.63) is 28.2 Å². The molecule has 0 bridgehead atoms. The van der Waals surface area contributed by atoms with Crippen molar-refractivity contribution in [2.24, 2.45) is 0 Å². The number of nitrogens with zero attached hydrogens (tertiary/aromatic N) is 1. The molecule has 1 fully saturated rings. The number of Topliss-reactive ketones (excluding diaryl/α,β-unsaturated/α-hetero) is 1. The van der Waals surface area contributed by atoms with E-state index in [-0.39, 0.29) is 24.4 Å². The Labute approximate surface area is 120 Å². The maximum Gasteiger partial charge on any atom is 0.318 e. The van der Waals surface area contributed by atoms with Crippen molar-refractivity contribution >= 4 is 27.7 Å². The summed E-state index contributed by atoms with van der Waals surface area (Å²) < 4.78 is 6.23. The molecule has 0 aromatic heterocycles. The van der Waals surface area contributed by atoms with E-state index in [0.717, 1.165) is 15.8 Å². The number of hydrogen-bond donors (Lipinski definition) is 1. The molecule has 2 amide bonds. The van der Waals surface area contributed by atoms with Gasteiger partial charge in [-0.25, -0.2) is 4.79 Å². The van der Waals surface area contributed by atoms with Gasteiger partial charge in [-0.05, 0) is 25.1 Å². The van der Waals surface area contributed by atoms with Gasteiger partial charge in [-0.1, -0.05) is 15.9 Å². The summed E-state index contributed by atoms with van der Waals surface area (Å²) in [5.74, 6) is 0.690. The molecule has 1 aromatic rings. The van der Waals surface area contributed by atoms with E-state index in [0.29, 0.717) is 6.54 Å². The SMILES string of the molecule is COc1ccc(Br)cc1C1CN(CC(C)=O)C(=O)N1. The molecule has 0 aliphatic carbocycles. The van der Waals surface area contributed by atoms with Crippen LogP contribution in [0.2, 0.25) is 0 Å². The number of nitrogens with one attached hydrogen (secondary N) is 1. The Morgan fingerprint density at radius 1 is 1.58 bits per heavy atom. The molecule has 1 heterocycles. The van der Waals surface area contributed by atoms with Gasteiger partial charge in [0, 0.05) is 16.6 Å². The minimum absolute atomic E-state index is 0.0305. The molecule has 6 heteroatoms. The number of methoxy groups -OCH3 is 1. The fourth-order valence-electron chi connectivity index (χ4n) is 2.15. The number of hydrogen-bond acceptors (Lipinski definition) is 3. The second-order valence-corrected chi connectivity index (χ2v) is 5.39. The molecule has 1 aliphatic rings. The molecule has 0 spiro atoms.